The van der Waals surface area contributed by atoms with Crippen molar-refractivity contribution in [3.8, 4) is 0 Å². The number of hydrogen-bond donors (Lipinski definition) is 1. The highest BCUT2D eigenvalue weighted by molar-refractivity contribution is 6.42. The molecule has 1 aliphatic rings. The first kappa shape index (κ1) is 14.8. The van der Waals surface area contributed by atoms with Crippen molar-refractivity contribution in [3.63, 3.8) is 0 Å². The maximum absolute atomic E-state index is 13.5. The van der Waals surface area contributed by atoms with E-state index in [4.69, 9.17) is 23.2 Å². The van der Waals surface area contributed by atoms with E-state index in [2.05, 4.69) is 5.32 Å². The second-order valence-corrected chi connectivity index (χ2v) is 5.79. The third kappa shape index (κ3) is 2.93. The van der Waals surface area contributed by atoms with Crippen molar-refractivity contribution in [2.45, 2.75) is 37.9 Å². The number of carbonyl (C=O) groups excluding carboxylic acids is 1. The van der Waals surface area contributed by atoms with Crippen molar-refractivity contribution in [2.75, 3.05) is 6.54 Å². The molecule has 1 aliphatic heterocycles. The van der Waals surface area contributed by atoms with Crippen molar-refractivity contribution in [2.24, 2.45) is 0 Å². The van der Waals surface area contributed by atoms with Crippen molar-refractivity contribution in [1.82, 2.24) is 5.32 Å². The van der Waals surface area contributed by atoms with Gasteiger partial charge in [-0.1, -0.05) is 36.5 Å². The van der Waals surface area contributed by atoms with Crippen LogP contribution >= 0.6 is 23.2 Å². The van der Waals surface area contributed by atoms with E-state index in [-0.39, 0.29) is 18.7 Å². The molecule has 0 amide bonds. The van der Waals surface area contributed by atoms with Crippen LogP contribution in [0, 0.1) is 0 Å². The Hall–Kier alpha value is -0.640. The summed E-state index contributed by atoms with van der Waals surface area (Å²) in [6, 6.07) is 4.79. The van der Waals surface area contributed by atoms with Crippen molar-refractivity contribution < 1.29 is 9.18 Å². The molecule has 1 fully saturated rings. The molecular weight excluding hydrogens is 288 g/mol. The third-order valence-electron chi connectivity index (χ3n) is 3.53. The molecular formula is C14H16Cl2FNO. The summed E-state index contributed by atoms with van der Waals surface area (Å²) in [6.07, 6.45) is 0.678. The summed E-state index contributed by atoms with van der Waals surface area (Å²) in [7, 11) is 0. The van der Waals surface area contributed by atoms with Crippen molar-refractivity contribution in [1.29, 1.82) is 0 Å². The predicted molar refractivity (Wildman–Crippen MR) is 75.9 cm³/mol. The highest BCUT2D eigenvalue weighted by Crippen LogP contribution is 2.32. The van der Waals surface area contributed by atoms with Crippen molar-refractivity contribution >= 4 is 29.0 Å². The lowest BCUT2D eigenvalue weighted by Crippen LogP contribution is -2.47. The molecule has 0 aromatic heterocycles. The highest BCUT2D eigenvalue weighted by atomic mass is 35.5. The van der Waals surface area contributed by atoms with E-state index < -0.39 is 11.7 Å². The number of hydrogen-bond acceptors (Lipinski definition) is 2. The second kappa shape index (κ2) is 5.78. The number of nitrogens with one attached hydrogen (secondary N) is 1. The van der Waals surface area contributed by atoms with Gasteiger partial charge in [-0.15, -0.1) is 0 Å². The van der Waals surface area contributed by atoms with Crippen LogP contribution in [0.15, 0.2) is 18.2 Å². The molecule has 104 valence electrons. The summed E-state index contributed by atoms with van der Waals surface area (Å²) in [5.41, 5.74) is -0.324. The van der Waals surface area contributed by atoms with Gasteiger partial charge in [-0.3, -0.25) is 4.79 Å². The first-order valence-electron chi connectivity index (χ1n) is 6.37. The van der Waals surface area contributed by atoms with E-state index in [1.165, 1.54) is 0 Å². The molecule has 0 saturated carbocycles. The average molecular weight is 304 g/mol. The van der Waals surface area contributed by atoms with Gasteiger partial charge in [0.05, 0.1) is 15.6 Å². The molecule has 0 aliphatic carbocycles. The minimum absolute atomic E-state index is 0.104. The van der Waals surface area contributed by atoms with Gasteiger partial charge in [0.25, 0.3) is 0 Å². The van der Waals surface area contributed by atoms with E-state index in [0.717, 1.165) is 6.42 Å². The standard InChI is InChI=1S/C14H16Cl2FNO/c1-2-5-14(7-10(17)8-18-14)13(19)9-3-4-11(15)12(16)6-9/h3-4,6,10,18H,2,5,7-8H2,1H3/t10-,14?/m0/s1. The molecule has 1 aromatic rings. The molecule has 1 aromatic carbocycles. The van der Waals surface area contributed by atoms with Crippen LogP contribution in [0.4, 0.5) is 4.39 Å². The molecule has 2 nitrogen and oxygen atoms in total. The third-order valence-corrected chi connectivity index (χ3v) is 4.26. The van der Waals surface area contributed by atoms with Crippen LogP contribution in [0.25, 0.3) is 0 Å². The Morgan fingerprint density at radius 2 is 2.21 bits per heavy atom. The number of benzene rings is 1. The monoisotopic (exact) mass is 303 g/mol. The summed E-state index contributed by atoms with van der Waals surface area (Å²) in [5.74, 6) is -0.104. The molecule has 19 heavy (non-hydrogen) atoms. The number of carbonyl (C=O) groups is 1. The number of halogens is 3. The number of rotatable bonds is 4. The van der Waals surface area contributed by atoms with Crippen LogP contribution in [0.3, 0.4) is 0 Å². The summed E-state index contributed by atoms with van der Waals surface area (Å²) >= 11 is 11.8. The predicted octanol–water partition coefficient (Wildman–Crippen LogP) is 4.05. The Balaban J connectivity index is 2.32. The molecule has 0 bridgehead atoms. The number of ketones is 1. The lowest BCUT2D eigenvalue weighted by atomic mass is 9.83. The normalized spacial score (nSPS) is 26.6. The molecule has 0 radical (unpaired) electrons. The minimum Gasteiger partial charge on any atom is -0.302 e. The van der Waals surface area contributed by atoms with E-state index >= 15 is 0 Å². The fraction of sp³-hybridized carbons (Fsp3) is 0.500. The van der Waals surface area contributed by atoms with Gasteiger partial charge < -0.3 is 5.32 Å². The largest absolute Gasteiger partial charge is 0.302 e. The summed E-state index contributed by atoms with van der Waals surface area (Å²) in [6.45, 7) is 2.21. The van der Waals surface area contributed by atoms with Crippen molar-refractivity contribution in [3.05, 3.63) is 33.8 Å². The second-order valence-electron chi connectivity index (χ2n) is 4.97. The maximum atomic E-state index is 13.5. The maximum Gasteiger partial charge on any atom is 0.183 e. The molecule has 1 heterocycles. The Kier molecular flexibility index (Phi) is 4.49. The Morgan fingerprint density at radius 1 is 1.47 bits per heavy atom. The SMILES string of the molecule is CCCC1(C(=O)c2ccc(Cl)c(Cl)c2)C[C@H](F)CN1. The summed E-state index contributed by atoms with van der Waals surface area (Å²) in [5, 5.41) is 3.80. The van der Waals surface area contributed by atoms with Crippen LogP contribution in [-0.2, 0) is 0 Å². The topological polar surface area (TPSA) is 29.1 Å². The van der Waals surface area contributed by atoms with E-state index in [9.17, 15) is 9.18 Å². The van der Waals surface area contributed by atoms with Gasteiger partial charge in [0.15, 0.2) is 5.78 Å². The summed E-state index contributed by atoms with van der Waals surface area (Å²) in [4.78, 5) is 12.6. The zero-order chi connectivity index (χ0) is 14.0. The quantitative estimate of drug-likeness (QED) is 0.850. The molecule has 1 N–H and O–H groups in total. The number of Topliss-reactive ketones (excluding diaryl/α,β-unsaturated/α-hetero) is 1. The lowest BCUT2D eigenvalue weighted by Gasteiger charge is -2.27. The van der Waals surface area contributed by atoms with Gasteiger partial charge in [-0.25, -0.2) is 4.39 Å². The summed E-state index contributed by atoms with van der Waals surface area (Å²) < 4.78 is 13.5. The van der Waals surface area contributed by atoms with Crippen LogP contribution in [0.1, 0.15) is 36.5 Å². The van der Waals surface area contributed by atoms with Crippen LogP contribution < -0.4 is 5.32 Å². The minimum atomic E-state index is -0.974. The zero-order valence-corrected chi connectivity index (χ0v) is 12.2. The van der Waals surface area contributed by atoms with Gasteiger partial charge in [-0.05, 0) is 24.6 Å². The molecule has 1 unspecified atom stereocenters. The molecule has 2 rings (SSSR count). The van der Waals surface area contributed by atoms with Gasteiger partial charge in [-0.2, -0.15) is 0 Å². The zero-order valence-electron chi connectivity index (χ0n) is 10.7. The van der Waals surface area contributed by atoms with Gasteiger partial charge >= 0.3 is 0 Å². The van der Waals surface area contributed by atoms with Crippen LogP contribution in [-0.4, -0.2) is 24.0 Å². The van der Waals surface area contributed by atoms with Crippen LogP contribution in [0.2, 0.25) is 10.0 Å². The number of alkyl halides is 1. The Morgan fingerprint density at radius 3 is 2.74 bits per heavy atom. The van der Waals surface area contributed by atoms with Crippen LogP contribution in [0.5, 0.6) is 0 Å². The molecule has 2 atom stereocenters. The van der Waals surface area contributed by atoms with Gasteiger partial charge in [0.1, 0.15) is 6.17 Å². The highest BCUT2D eigenvalue weighted by Gasteiger charge is 2.44. The first-order valence-corrected chi connectivity index (χ1v) is 7.13. The lowest BCUT2D eigenvalue weighted by molar-refractivity contribution is 0.0850. The molecule has 0 spiro atoms. The Labute approximate surface area is 122 Å². The van der Waals surface area contributed by atoms with E-state index in [1.54, 1.807) is 18.2 Å². The van der Waals surface area contributed by atoms with Gasteiger partial charge in [0.2, 0.25) is 0 Å². The van der Waals surface area contributed by atoms with Gasteiger partial charge in [0, 0.05) is 18.5 Å². The fourth-order valence-electron chi connectivity index (χ4n) is 2.65. The van der Waals surface area contributed by atoms with E-state index in [1.807, 2.05) is 6.92 Å². The molecule has 1 saturated heterocycles. The molecule has 5 heteroatoms. The smallest absolute Gasteiger partial charge is 0.183 e. The average Bonchev–Trinajstić information content (AvgIpc) is 2.75. The first-order chi connectivity index (χ1) is 8.98. The fourth-order valence-corrected chi connectivity index (χ4v) is 2.94. The van der Waals surface area contributed by atoms with E-state index in [0.29, 0.717) is 22.0 Å². The Bertz CT molecular complexity index is 490.